The van der Waals surface area contributed by atoms with E-state index in [1.807, 2.05) is 44.2 Å². The Labute approximate surface area is 129 Å². The van der Waals surface area contributed by atoms with E-state index < -0.39 is 0 Å². The summed E-state index contributed by atoms with van der Waals surface area (Å²) in [6, 6.07) is 13.2. The van der Waals surface area contributed by atoms with Crippen LogP contribution in [0.25, 0.3) is 0 Å². The van der Waals surface area contributed by atoms with Gasteiger partial charge in [0.2, 0.25) is 5.91 Å². The van der Waals surface area contributed by atoms with Gasteiger partial charge >= 0.3 is 0 Å². The highest BCUT2D eigenvalue weighted by atomic mass is 35.5. The molecule has 4 heteroatoms. The number of aryl methyl sites for hydroxylation is 2. The van der Waals surface area contributed by atoms with E-state index in [9.17, 15) is 4.79 Å². The Kier molecular flexibility index (Phi) is 5.23. The molecule has 2 aromatic carbocycles. The average molecular weight is 304 g/mol. The number of amides is 1. The third-order valence-electron chi connectivity index (χ3n) is 3.09. The molecular weight excluding hydrogens is 286 g/mol. The number of anilines is 1. The van der Waals surface area contributed by atoms with Crippen molar-refractivity contribution in [1.29, 1.82) is 0 Å². The minimum Gasteiger partial charge on any atom is -0.491 e. The van der Waals surface area contributed by atoms with Crippen LogP contribution in [0.1, 0.15) is 17.5 Å². The summed E-state index contributed by atoms with van der Waals surface area (Å²) < 4.78 is 5.51. The summed E-state index contributed by atoms with van der Waals surface area (Å²) in [6.07, 6.45) is 0.276. The third-order valence-corrected chi connectivity index (χ3v) is 3.40. The first-order valence-corrected chi connectivity index (χ1v) is 7.18. The van der Waals surface area contributed by atoms with Crippen molar-refractivity contribution in [3.8, 4) is 5.75 Å². The molecule has 0 unspecified atom stereocenters. The van der Waals surface area contributed by atoms with Gasteiger partial charge in [0.15, 0.2) is 0 Å². The lowest BCUT2D eigenvalue weighted by atomic mass is 10.1. The van der Waals surface area contributed by atoms with E-state index >= 15 is 0 Å². The van der Waals surface area contributed by atoms with E-state index in [0.717, 1.165) is 16.8 Å². The lowest BCUT2D eigenvalue weighted by Gasteiger charge is -2.10. The fourth-order valence-corrected chi connectivity index (χ4v) is 2.09. The molecule has 1 amide bonds. The number of benzene rings is 2. The lowest BCUT2D eigenvalue weighted by molar-refractivity contribution is -0.116. The highest BCUT2D eigenvalue weighted by Gasteiger charge is 2.06. The van der Waals surface area contributed by atoms with Crippen molar-refractivity contribution in [3.63, 3.8) is 0 Å². The lowest BCUT2D eigenvalue weighted by Crippen LogP contribution is -2.16. The van der Waals surface area contributed by atoms with Crippen LogP contribution in [0.5, 0.6) is 5.75 Å². The van der Waals surface area contributed by atoms with Crippen molar-refractivity contribution in [3.05, 3.63) is 58.6 Å². The van der Waals surface area contributed by atoms with Crippen molar-refractivity contribution in [1.82, 2.24) is 0 Å². The van der Waals surface area contributed by atoms with E-state index in [1.54, 1.807) is 12.1 Å². The molecule has 0 saturated carbocycles. The fourth-order valence-electron chi connectivity index (χ4n) is 1.90. The number of hydrogen-bond acceptors (Lipinski definition) is 2. The standard InChI is InChI=1S/C17H18ClNO2/c1-12-7-8-13(2)15(11-12)19-17(20)9-10-21-16-6-4-3-5-14(16)18/h3-8,11H,9-10H2,1-2H3,(H,19,20). The monoisotopic (exact) mass is 303 g/mol. The van der Waals surface area contributed by atoms with Crippen LogP contribution in [-0.2, 0) is 4.79 Å². The minimum absolute atomic E-state index is 0.0734. The fraction of sp³-hybridized carbons (Fsp3) is 0.235. The third kappa shape index (κ3) is 4.50. The van der Waals surface area contributed by atoms with Crippen molar-refractivity contribution < 1.29 is 9.53 Å². The summed E-state index contributed by atoms with van der Waals surface area (Å²) in [6.45, 7) is 4.26. The van der Waals surface area contributed by atoms with Crippen LogP contribution in [0.15, 0.2) is 42.5 Å². The van der Waals surface area contributed by atoms with Crippen LogP contribution in [0.3, 0.4) is 0 Å². The zero-order valence-electron chi connectivity index (χ0n) is 12.2. The summed E-state index contributed by atoms with van der Waals surface area (Å²) in [7, 11) is 0. The average Bonchev–Trinajstić information content (AvgIpc) is 2.45. The number of hydrogen-bond donors (Lipinski definition) is 1. The van der Waals surface area contributed by atoms with Crippen LogP contribution in [-0.4, -0.2) is 12.5 Å². The SMILES string of the molecule is Cc1ccc(C)c(NC(=O)CCOc2ccccc2Cl)c1. The van der Waals surface area contributed by atoms with Crippen molar-refractivity contribution >= 4 is 23.2 Å². The van der Waals surface area contributed by atoms with Crippen molar-refractivity contribution in [2.75, 3.05) is 11.9 Å². The molecule has 0 aliphatic rings. The van der Waals surface area contributed by atoms with E-state index in [2.05, 4.69) is 5.32 Å². The molecule has 2 aromatic rings. The molecule has 21 heavy (non-hydrogen) atoms. The summed E-state index contributed by atoms with van der Waals surface area (Å²) in [4.78, 5) is 11.9. The van der Waals surface area contributed by atoms with E-state index in [4.69, 9.17) is 16.3 Å². The molecule has 0 atom stereocenters. The van der Waals surface area contributed by atoms with Crippen molar-refractivity contribution in [2.24, 2.45) is 0 Å². The van der Waals surface area contributed by atoms with E-state index in [1.165, 1.54) is 0 Å². The normalized spacial score (nSPS) is 10.2. The van der Waals surface area contributed by atoms with Crippen LogP contribution in [0.4, 0.5) is 5.69 Å². The Morgan fingerprint density at radius 3 is 2.71 bits per heavy atom. The zero-order valence-corrected chi connectivity index (χ0v) is 12.9. The van der Waals surface area contributed by atoms with Gasteiger partial charge in [-0.05, 0) is 43.2 Å². The van der Waals surface area contributed by atoms with E-state index in [-0.39, 0.29) is 12.3 Å². The van der Waals surface area contributed by atoms with Gasteiger partial charge in [-0.2, -0.15) is 0 Å². The first kappa shape index (κ1) is 15.4. The van der Waals surface area contributed by atoms with Crippen LogP contribution >= 0.6 is 11.6 Å². The van der Waals surface area contributed by atoms with Crippen LogP contribution in [0.2, 0.25) is 5.02 Å². The summed E-state index contributed by atoms with van der Waals surface area (Å²) >= 11 is 5.98. The van der Waals surface area contributed by atoms with Crippen molar-refractivity contribution in [2.45, 2.75) is 20.3 Å². The van der Waals surface area contributed by atoms with Gasteiger partial charge in [0.05, 0.1) is 18.1 Å². The summed E-state index contributed by atoms with van der Waals surface area (Å²) in [5, 5.41) is 3.45. The smallest absolute Gasteiger partial charge is 0.227 e. The molecule has 0 radical (unpaired) electrons. The number of nitrogens with one attached hydrogen (secondary N) is 1. The molecular formula is C17H18ClNO2. The molecule has 0 aliphatic heterocycles. The molecule has 110 valence electrons. The number of halogens is 1. The predicted octanol–water partition coefficient (Wildman–Crippen LogP) is 4.36. The second-order valence-electron chi connectivity index (χ2n) is 4.90. The van der Waals surface area contributed by atoms with Gasteiger partial charge in [-0.3, -0.25) is 4.79 Å². The second kappa shape index (κ2) is 7.14. The number of carbonyl (C=O) groups is 1. The Balaban J connectivity index is 1.85. The molecule has 0 spiro atoms. The van der Waals surface area contributed by atoms with E-state index in [0.29, 0.717) is 17.4 Å². The molecule has 0 heterocycles. The molecule has 2 rings (SSSR count). The molecule has 1 N–H and O–H groups in total. The van der Waals surface area contributed by atoms with Gasteiger partial charge < -0.3 is 10.1 Å². The Morgan fingerprint density at radius 2 is 1.95 bits per heavy atom. The quantitative estimate of drug-likeness (QED) is 0.891. The molecule has 0 saturated heterocycles. The number of para-hydroxylation sites is 1. The molecule has 3 nitrogen and oxygen atoms in total. The minimum atomic E-state index is -0.0734. The predicted molar refractivity (Wildman–Crippen MR) is 86.1 cm³/mol. The van der Waals surface area contributed by atoms with Crippen LogP contribution < -0.4 is 10.1 Å². The maximum atomic E-state index is 11.9. The Hall–Kier alpha value is -2.00. The first-order valence-electron chi connectivity index (χ1n) is 6.80. The van der Waals surface area contributed by atoms with Crippen LogP contribution in [0, 0.1) is 13.8 Å². The summed E-state index contributed by atoms with van der Waals surface area (Å²) in [5.74, 6) is 0.523. The Morgan fingerprint density at radius 1 is 1.19 bits per heavy atom. The number of rotatable bonds is 5. The van der Waals surface area contributed by atoms with Gasteiger partial charge in [0.25, 0.3) is 0 Å². The van der Waals surface area contributed by atoms with Gasteiger partial charge in [-0.1, -0.05) is 35.9 Å². The van der Waals surface area contributed by atoms with Gasteiger partial charge in [0.1, 0.15) is 5.75 Å². The Bertz CT molecular complexity index is 640. The van der Waals surface area contributed by atoms with Gasteiger partial charge in [0, 0.05) is 5.69 Å². The molecule has 0 bridgehead atoms. The zero-order chi connectivity index (χ0) is 15.2. The topological polar surface area (TPSA) is 38.3 Å². The maximum Gasteiger partial charge on any atom is 0.227 e. The second-order valence-corrected chi connectivity index (χ2v) is 5.30. The molecule has 0 aromatic heterocycles. The van der Waals surface area contributed by atoms with Gasteiger partial charge in [-0.25, -0.2) is 0 Å². The number of carbonyl (C=O) groups excluding carboxylic acids is 1. The largest absolute Gasteiger partial charge is 0.491 e. The first-order chi connectivity index (χ1) is 10.1. The highest BCUT2D eigenvalue weighted by Crippen LogP contribution is 2.23. The maximum absolute atomic E-state index is 11.9. The summed E-state index contributed by atoms with van der Waals surface area (Å²) in [5.41, 5.74) is 3.00. The van der Waals surface area contributed by atoms with Gasteiger partial charge in [-0.15, -0.1) is 0 Å². The number of ether oxygens (including phenoxy) is 1. The molecule has 0 aliphatic carbocycles. The highest BCUT2D eigenvalue weighted by molar-refractivity contribution is 6.32. The molecule has 0 fully saturated rings.